The van der Waals surface area contributed by atoms with E-state index >= 15 is 0 Å². The number of hydrogen-bond acceptors (Lipinski definition) is 6. The Morgan fingerprint density at radius 2 is 1.88 bits per heavy atom. The number of hydrogen-bond donors (Lipinski definition) is 3. The number of rotatable bonds is 12. The van der Waals surface area contributed by atoms with Crippen molar-refractivity contribution in [3.8, 4) is 5.75 Å². The maximum atomic E-state index is 14.0. The molecule has 0 unspecified atom stereocenters. The Kier molecular flexibility index (Phi) is 11.1. The summed E-state index contributed by atoms with van der Waals surface area (Å²) in [7, 11) is 1.61. The molecule has 41 heavy (non-hydrogen) atoms. The van der Waals surface area contributed by atoms with E-state index < -0.39 is 12.1 Å². The predicted molar refractivity (Wildman–Crippen MR) is 162 cm³/mol. The van der Waals surface area contributed by atoms with Crippen LogP contribution in [0.4, 0.5) is 4.79 Å². The molecule has 0 spiro atoms. The average molecular weight is 584 g/mol. The van der Waals surface area contributed by atoms with Crippen molar-refractivity contribution in [2.75, 3.05) is 26.7 Å². The van der Waals surface area contributed by atoms with Gasteiger partial charge in [-0.1, -0.05) is 51.1 Å². The number of benzene rings is 1. The van der Waals surface area contributed by atoms with E-state index in [1.165, 1.54) is 23.6 Å². The predicted octanol–water partition coefficient (Wildman–Crippen LogP) is 4.99. The van der Waals surface area contributed by atoms with Crippen LogP contribution in [-0.2, 0) is 22.4 Å². The molecule has 1 saturated heterocycles. The number of piperidine rings is 1. The third-order valence-electron chi connectivity index (χ3n) is 8.98. The van der Waals surface area contributed by atoms with Crippen LogP contribution in [0.2, 0.25) is 0 Å². The van der Waals surface area contributed by atoms with Crippen molar-refractivity contribution >= 4 is 30.5 Å². The van der Waals surface area contributed by atoms with Crippen LogP contribution >= 0.6 is 12.8 Å². The number of ether oxygens (including phenoxy) is 1. The van der Waals surface area contributed by atoms with Gasteiger partial charge in [-0.2, -0.15) is 0 Å². The van der Waals surface area contributed by atoms with Gasteiger partial charge < -0.3 is 19.9 Å². The van der Waals surface area contributed by atoms with Crippen molar-refractivity contribution < 1.29 is 19.1 Å². The van der Waals surface area contributed by atoms with Crippen LogP contribution in [0.3, 0.4) is 0 Å². The molecule has 2 aromatic rings. The summed E-state index contributed by atoms with van der Waals surface area (Å²) >= 11 is 4.55. The molecule has 10 heteroatoms. The molecule has 9 nitrogen and oxygen atoms in total. The minimum absolute atomic E-state index is 0.140. The van der Waals surface area contributed by atoms with Crippen molar-refractivity contribution in [3.05, 3.63) is 48.0 Å². The van der Waals surface area contributed by atoms with Gasteiger partial charge >= 0.3 is 6.03 Å². The van der Waals surface area contributed by atoms with Crippen molar-refractivity contribution in [2.45, 2.75) is 83.6 Å². The molecule has 1 saturated carbocycles. The number of urea groups is 1. The number of thiol groups is 1. The van der Waals surface area contributed by atoms with Crippen LogP contribution in [-0.4, -0.2) is 69.7 Å². The fourth-order valence-corrected chi connectivity index (χ4v) is 6.84. The van der Waals surface area contributed by atoms with E-state index in [9.17, 15) is 14.4 Å². The molecule has 2 fully saturated rings. The maximum absolute atomic E-state index is 14.0. The number of carbonyl (C=O) groups is 3. The first-order valence-corrected chi connectivity index (χ1v) is 15.5. The molecule has 2 heterocycles. The molecule has 2 aliphatic rings. The first-order valence-electron chi connectivity index (χ1n) is 15.1. The second kappa shape index (κ2) is 14.8. The van der Waals surface area contributed by atoms with E-state index in [2.05, 4.69) is 35.0 Å². The minimum atomic E-state index is -0.800. The molecular weight excluding hydrogens is 538 g/mol. The Bertz CT molecular complexity index is 1130. The normalized spacial score (nSPS) is 18.0. The summed E-state index contributed by atoms with van der Waals surface area (Å²) in [6, 6.07) is 6.28. The molecule has 3 amide bonds. The maximum Gasteiger partial charge on any atom is 0.327 e. The number of aromatic amines is 1. The zero-order valence-electron chi connectivity index (χ0n) is 24.4. The molecular formula is C31H45N5O4S. The zero-order chi connectivity index (χ0) is 29.2. The Morgan fingerprint density at radius 1 is 1.17 bits per heavy atom. The van der Waals surface area contributed by atoms with Gasteiger partial charge in [-0.25, -0.2) is 9.78 Å². The SMILES string of the molecule is CCCC(=O)C1(C2CCCCC2)CCN(C(=O)[C@@H](Cc2ccc(OC)cc2)N(S)C(=O)NCCc2c[nH]cn2)CC1. The number of imidazole rings is 1. The molecule has 1 aliphatic carbocycles. The van der Waals surface area contributed by atoms with E-state index in [0.717, 1.165) is 36.3 Å². The van der Waals surface area contributed by atoms with Gasteiger partial charge in [0.15, 0.2) is 0 Å². The number of carbonyl (C=O) groups excluding carboxylic acids is 3. The van der Waals surface area contributed by atoms with Gasteiger partial charge in [0.05, 0.1) is 19.1 Å². The summed E-state index contributed by atoms with van der Waals surface area (Å²) < 4.78 is 6.51. The van der Waals surface area contributed by atoms with Crippen molar-refractivity contribution in [3.63, 3.8) is 0 Å². The summed E-state index contributed by atoms with van der Waals surface area (Å²) in [5.41, 5.74) is 1.41. The van der Waals surface area contributed by atoms with Gasteiger partial charge in [0.2, 0.25) is 5.91 Å². The molecule has 2 N–H and O–H groups in total. The van der Waals surface area contributed by atoms with Gasteiger partial charge in [0.25, 0.3) is 0 Å². The quantitative estimate of drug-likeness (QED) is 0.305. The van der Waals surface area contributed by atoms with E-state index in [1.54, 1.807) is 19.6 Å². The number of amides is 3. The van der Waals surface area contributed by atoms with Crippen LogP contribution in [0, 0.1) is 11.3 Å². The minimum Gasteiger partial charge on any atom is -0.497 e. The van der Waals surface area contributed by atoms with Crippen LogP contribution < -0.4 is 10.1 Å². The van der Waals surface area contributed by atoms with Crippen LogP contribution in [0.15, 0.2) is 36.8 Å². The smallest absolute Gasteiger partial charge is 0.327 e. The molecule has 0 bridgehead atoms. The Hall–Kier alpha value is -3.01. The number of aromatic nitrogens is 2. The molecule has 4 rings (SSSR count). The molecule has 1 atom stereocenters. The van der Waals surface area contributed by atoms with E-state index in [4.69, 9.17) is 4.74 Å². The average Bonchev–Trinajstić information content (AvgIpc) is 3.53. The number of nitrogens with zero attached hydrogens (tertiary/aromatic N) is 3. The Morgan fingerprint density at radius 3 is 2.49 bits per heavy atom. The van der Waals surface area contributed by atoms with Gasteiger partial charge in [-0.3, -0.25) is 13.9 Å². The van der Waals surface area contributed by atoms with Gasteiger partial charge in [-0.15, -0.1) is 0 Å². The van der Waals surface area contributed by atoms with Crippen LogP contribution in [0.1, 0.15) is 76.0 Å². The monoisotopic (exact) mass is 583 g/mol. The number of likely N-dealkylation sites (tertiary alicyclic amines) is 1. The lowest BCUT2D eigenvalue weighted by molar-refractivity contribution is -0.145. The van der Waals surface area contributed by atoms with E-state index in [0.29, 0.717) is 63.4 Å². The van der Waals surface area contributed by atoms with E-state index in [-0.39, 0.29) is 11.3 Å². The summed E-state index contributed by atoms with van der Waals surface area (Å²) in [5.74, 6) is 1.37. The zero-order valence-corrected chi connectivity index (χ0v) is 25.3. The van der Waals surface area contributed by atoms with E-state index in [1.807, 2.05) is 29.2 Å². The fourth-order valence-electron chi connectivity index (χ4n) is 6.59. The first-order chi connectivity index (χ1) is 19.9. The topological polar surface area (TPSA) is 108 Å². The van der Waals surface area contributed by atoms with Crippen molar-refractivity contribution in [1.29, 1.82) is 0 Å². The van der Waals surface area contributed by atoms with Crippen LogP contribution in [0.25, 0.3) is 0 Å². The first kappa shape index (κ1) is 30.9. The Labute approximate surface area is 249 Å². The van der Waals surface area contributed by atoms with Crippen LogP contribution in [0.5, 0.6) is 5.75 Å². The van der Waals surface area contributed by atoms with Crippen molar-refractivity contribution in [1.82, 2.24) is 24.5 Å². The highest BCUT2D eigenvalue weighted by molar-refractivity contribution is 7.78. The highest BCUT2D eigenvalue weighted by Gasteiger charge is 2.47. The highest BCUT2D eigenvalue weighted by Crippen LogP contribution is 2.47. The molecule has 224 valence electrons. The number of H-pyrrole nitrogens is 1. The summed E-state index contributed by atoms with van der Waals surface area (Å²) in [6.07, 6.45) is 12.9. The number of ketones is 1. The summed E-state index contributed by atoms with van der Waals surface area (Å²) in [6.45, 7) is 3.48. The van der Waals surface area contributed by atoms with Crippen molar-refractivity contribution in [2.24, 2.45) is 11.3 Å². The highest BCUT2D eigenvalue weighted by atomic mass is 32.1. The van der Waals surface area contributed by atoms with Gasteiger partial charge in [0, 0.05) is 50.5 Å². The third kappa shape index (κ3) is 7.64. The summed E-state index contributed by atoms with van der Waals surface area (Å²) in [5, 5.41) is 2.87. The summed E-state index contributed by atoms with van der Waals surface area (Å²) in [4.78, 5) is 49.6. The van der Waals surface area contributed by atoms with Gasteiger partial charge in [0.1, 0.15) is 17.6 Å². The van der Waals surface area contributed by atoms with Gasteiger partial charge in [-0.05, 0) is 55.7 Å². The Balaban J connectivity index is 1.47. The largest absolute Gasteiger partial charge is 0.497 e. The molecule has 1 aromatic heterocycles. The molecule has 1 aliphatic heterocycles. The standard InChI is InChI=1S/C31H45N5O4S/c1-3-7-28(37)31(24-8-5-4-6-9-24)15-18-35(19-16-31)29(38)27(20-23-10-12-26(40-2)13-11-23)36(41)30(39)33-17-14-25-21-32-22-34-25/h10-13,21-22,24,27,41H,3-9,14-20H2,1-2H3,(H,32,34)(H,33,39)/t27-/m1/s1. The second-order valence-electron chi connectivity index (χ2n) is 11.4. The number of methoxy groups -OCH3 is 1. The lowest BCUT2D eigenvalue weighted by Gasteiger charge is -2.47. The third-order valence-corrected chi connectivity index (χ3v) is 9.44. The number of nitrogens with one attached hydrogen (secondary N) is 2. The lowest BCUT2D eigenvalue weighted by atomic mass is 9.61. The molecule has 1 aromatic carbocycles. The number of Topliss-reactive ketones (excluding diaryl/α,β-unsaturated/α-hetero) is 1. The fraction of sp³-hybridized carbons (Fsp3) is 0.613. The second-order valence-corrected chi connectivity index (χ2v) is 11.9. The lowest BCUT2D eigenvalue weighted by Crippen LogP contribution is -2.55. The molecule has 0 radical (unpaired) electrons.